The number of likely N-dealkylation sites (tertiary alicyclic amines) is 1. The highest BCUT2D eigenvalue weighted by atomic mass is 16.2. The molecule has 0 radical (unpaired) electrons. The van der Waals surface area contributed by atoms with Gasteiger partial charge in [0.2, 0.25) is 5.91 Å². The van der Waals surface area contributed by atoms with Gasteiger partial charge >= 0.3 is 0 Å². The predicted molar refractivity (Wildman–Crippen MR) is 112 cm³/mol. The van der Waals surface area contributed by atoms with Crippen molar-refractivity contribution in [2.75, 3.05) is 13.1 Å². The van der Waals surface area contributed by atoms with E-state index in [0.29, 0.717) is 36.9 Å². The number of nitrogens with zero attached hydrogens (tertiary/aromatic N) is 1. The van der Waals surface area contributed by atoms with Gasteiger partial charge in [0.15, 0.2) is 0 Å². The van der Waals surface area contributed by atoms with Crippen LogP contribution in [0.4, 0.5) is 0 Å². The van der Waals surface area contributed by atoms with E-state index < -0.39 is 0 Å². The summed E-state index contributed by atoms with van der Waals surface area (Å²) in [7, 11) is 0. The van der Waals surface area contributed by atoms with Gasteiger partial charge < -0.3 is 10.2 Å². The standard InChI is InChI=1S/C24H30N2O2/c1-2-21(19-11-5-3-6-12-19)22-15-10-18-26(22)23(27)16-9-17-25-24(28)20-13-7-4-8-14-20/h3-8,11-14,21-22H,2,9-10,15-18H2,1H3,(H,25,28). The summed E-state index contributed by atoms with van der Waals surface area (Å²) >= 11 is 0. The first-order chi connectivity index (χ1) is 13.7. The molecule has 1 aliphatic rings. The lowest BCUT2D eigenvalue weighted by atomic mass is 9.87. The maximum Gasteiger partial charge on any atom is 0.251 e. The second kappa shape index (κ2) is 10.1. The lowest BCUT2D eigenvalue weighted by molar-refractivity contribution is -0.132. The maximum absolute atomic E-state index is 12.8. The zero-order valence-corrected chi connectivity index (χ0v) is 16.6. The van der Waals surface area contributed by atoms with Crippen LogP contribution in [0.1, 0.15) is 60.9 Å². The zero-order chi connectivity index (χ0) is 19.8. The SMILES string of the molecule is CCC(c1ccccc1)C1CCCN1C(=O)CCCNC(=O)c1ccccc1. The largest absolute Gasteiger partial charge is 0.352 e. The molecule has 0 aliphatic carbocycles. The molecule has 1 saturated heterocycles. The summed E-state index contributed by atoms with van der Waals surface area (Å²) in [6, 6.07) is 20.0. The minimum absolute atomic E-state index is 0.0813. The third-order valence-electron chi connectivity index (χ3n) is 5.64. The van der Waals surface area contributed by atoms with Crippen LogP contribution in [0.15, 0.2) is 60.7 Å². The van der Waals surface area contributed by atoms with Crippen molar-refractivity contribution in [2.24, 2.45) is 0 Å². The van der Waals surface area contributed by atoms with Crippen molar-refractivity contribution >= 4 is 11.8 Å². The second-order valence-electron chi connectivity index (χ2n) is 7.45. The summed E-state index contributed by atoms with van der Waals surface area (Å²) in [5.74, 6) is 0.526. The Balaban J connectivity index is 1.50. The Morgan fingerprint density at radius 1 is 1.07 bits per heavy atom. The Morgan fingerprint density at radius 3 is 2.43 bits per heavy atom. The molecule has 1 N–H and O–H groups in total. The van der Waals surface area contributed by atoms with E-state index >= 15 is 0 Å². The molecule has 148 valence electrons. The van der Waals surface area contributed by atoms with E-state index in [9.17, 15) is 9.59 Å². The monoisotopic (exact) mass is 378 g/mol. The van der Waals surface area contributed by atoms with E-state index in [4.69, 9.17) is 0 Å². The van der Waals surface area contributed by atoms with Crippen molar-refractivity contribution in [3.05, 3.63) is 71.8 Å². The number of carbonyl (C=O) groups is 2. The minimum Gasteiger partial charge on any atom is -0.352 e. The van der Waals surface area contributed by atoms with Crippen molar-refractivity contribution in [3.8, 4) is 0 Å². The van der Waals surface area contributed by atoms with Crippen molar-refractivity contribution in [1.82, 2.24) is 10.2 Å². The fraction of sp³-hybridized carbons (Fsp3) is 0.417. The average molecular weight is 379 g/mol. The third-order valence-corrected chi connectivity index (χ3v) is 5.64. The topological polar surface area (TPSA) is 49.4 Å². The molecule has 28 heavy (non-hydrogen) atoms. The molecule has 2 amide bonds. The van der Waals surface area contributed by atoms with Crippen LogP contribution >= 0.6 is 0 Å². The molecule has 1 fully saturated rings. The van der Waals surface area contributed by atoms with E-state index in [1.165, 1.54) is 5.56 Å². The lowest BCUT2D eigenvalue weighted by Crippen LogP contribution is -2.39. The van der Waals surface area contributed by atoms with Crippen LogP contribution in [-0.4, -0.2) is 35.8 Å². The fourth-order valence-corrected chi connectivity index (χ4v) is 4.23. The maximum atomic E-state index is 12.8. The molecule has 2 aromatic carbocycles. The number of hydrogen-bond donors (Lipinski definition) is 1. The molecular weight excluding hydrogens is 348 g/mol. The minimum atomic E-state index is -0.0813. The van der Waals surface area contributed by atoms with Crippen LogP contribution in [0.3, 0.4) is 0 Å². The molecule has 1 heterocycles. The van der Waals surface area contributed by atoms with Gasteiger partial charge in [0.25, 0.3) is 5.91 Å². The van der Waals surface area contributed by atoms with Gasteiger partial charge in [-0.1, -0.05) is 55.5 Å². The van der Waals surface area contributed by atoms with E-state index in [1.54, 1.807) is 12.1 Å². The van der Waals surface area contributed by atoms with Crippen LogP contribution in [0.2, 0.25) is 0 Å². The van der Waals surface area contributed by atoms with Gasteiger partial charge in [-0.3, -0.25) is 9.59 Å². The molecule has 2 atom stereocenters. The molecule has 1 aliphatic heterocycles. The Hall–Kier alpha value is -2.62. The summed E-state index contributed by atoms with van der Waals surface area (Å²) in [4.78, 5) is 27.0. The van der Waals surface area contributed by atoms with Gasteiger partial charge in [-0.25, -0.2) is 0 Å². The van der Waals surface area contributed by atoms with Crippen LogP contribution < -0.4 is 5.32 Å². The molecule has 0 aromatic heterocycles. The molecule has 0 bridgehead atoms. The summed E-state index contributed by atoms with van der Waals surface area (Å²) in [5.41, 5.74) is 1.98. The first-order valence-corrected chi connectivity index (χ1v) is 10.4. The van der Waals surface area contributed by atoms with Gasteiger partial charge in [-0.15, -0.1) is 0 Å². The van der Waals surface area contributed by atoms with Crippen LogP contribution in [-0.2, 0) is 4.79 Å². The van der Waals surface area contributed by atoms with E-state index in [-0.39, 0.29) is 11.8 Å². The molecule has 2 unspecified atom stereocenters. The lowest BCUT2D eigenvalue weighted by Gasteiger charge is -2.32. The van der Waals surface area contributed by atoms with Crippen LogP contribution in [0, 0.1) is 0 Å². The summed E-state index contributed by atoms with van der Waals surface area (Å²) in [6.45, 7) is 3.58. The van der Waals surface area contributed by atoms with Crippen molar-refractivity contribution in [1.29, 1.82) is 0 Å². The fourth-order valence-electron chi connectivity index (χ4n) is 4.23. The predicted octanol–water partition coefficient (Wildman–Crippen LogP) is 4.38. The Bertz CT molecular complexity index is 761. The number of carbonyl (C=O) groups excluding carboxylic acids is 2. The van der Waals surface area contributed by atoms with Crippen LogP contribution in [0.25, 0.3) is 0 Å². The normalized spacial score (nSPS) is 17.3. The number of amides is 2. The molecule has 2 aromatic rings. The first kappa shape index (κ1) is 20.1. The number of nitrogens with one attached hydrogen (secondary N) is 1. The van der Waals surface area contributed by atoms with Crippen molar-refractivity contribution in [3.63, 3.8) is 0 Å². The Kier molecular flexibility index (Phi) is 7.24. The molecule has 4 nitrogen and oxygen atoms in total. The highest BCUT2D eigenvalue weighted by Crippen LogP contribution is 2.33. The Labute approximate surface area is 167 Å². The van der Waals surface area contributed by atoms with Crippen molar-refractivity contribution < 1.29 is 9.59 Å². The average Bonchev–Trinajstić information content (AvgIpc) is 3.22. The summed E-state index contributed by atoms with van der Waals surface area (Å²) < 4.78 is 0. The highest BCUT2D eigenvalue weighted by Gasteiger charge is 2.34. The number of rotatable bonds is 8. The van der Waals surface area contributed by atoms with Crippen LogP contribution in [0.5, 0.6) is 0 Å². The molecule has 0 spiro atoms. The summed E-state index contributed by atoms with van der Waals surface area (Å²) in [5, 5.41) is 2.91. The molecular formula is C24H30N2O2. The second-order valence-corrected chi connectivity index (χ2v) is 7.45. The summed E-state index contributed by atoms with van der Waals surface area (Å²) in [6.07, 6.45) is 4.33. The smallest absolute Gasteiger partial charge is 0.251 e. The van der Waals surface area contributed by atoms with Gasteiger partial charge in [-0.05, 0) is 43.4 Å². The van der Waals surface area contributed by atoms with Gasteiger partial charge in [-0.2, -0.15) is 0 Å². The molecule has 4 heteroatoms. The first-order valence-electron chi connectivity index (χ1n) is 10.4. The van der Waals surface area contributed by atoms with E-state index in [1.807, 2.05) is 24.3 Å². The van der Waals surface area contributed by atoms with Gasteiger partial charge in [0.1, 0.15) is 0 Å². The van der Waals surface area contributed by atoms with Gasteiger partial charge in [0.05, 0.1) is 0 Å². The van der Waals surface area contributed by atoms with Crippen molar-refractivity contribution in [2.45, 2.75) is 51.0 Å². The highest BCUT2D eigenvalue weighted by molar-refractivity contribution is 5.94. The van der Waals surface area contributed by atoms with E-state index in [2.05, 4.69) is 41.4 Å². The van der Waals surface area contributed by atoms with E-state index in [0.717, 1.165) is 25.8 Å². The Morgan fingerprint density at radius 2 is 1.75 bits per heavy atom. The molecule has 3 rings (SSSR count). The molecule has 0 saturated carbocycles. The number of hydrogen-bond acceptors (Lipinski definition) is 2. The quantitative estimate of drug-likeness (QED) is 0.693. The third kappa shape index (κ3) is 5.00. The van der Waals surface area contributed by atoms with Gasteiger partial charge in [0, 0.05) is 37.0 Å². The number of benzene rings is 2. The zero-order valence-electron chi connectivity index (χ0n) is 16.6.